The van der Waals surface area contributed by atoms with E-state index in [4.69, 9.17) is 13.9 Å². The smallest absolute Gasteiger partial charge is 0.348 e. The number of hydrogen-bond acceptors (Lipinski definition) is 11. The Bertz CT molecular complexity index is 1200. The van der Waals surface area contributed by atoms with Crippen molar-refractivity contribution in [2.75, 3.05) is 6.61 Å². The molecule has 0 saturated carbocycles. The first-order chi connectivity index (χ1) is 15.2. The lowest BCUT2D eigenvalue weighted by atomic mass is 9.99. The van der Waals surface area contributed by atoms with E-state index in [2.05, 4.69) is 0 Å². The highest BCUT2D eigenvalue weighted by Crippen LogP contribution is 2.39. The molecule has 11 nitrogen and oxygen atoms in total. The topological polar surface area (TPSA) is 190 Å². The Labute approximate surface area is 179 Å². The van der Waals surface area contributed by atoms with Crippen LogP contribution in [0.15, 0.2) is 45.6 Å². The standard InChI is InChI=1S/C21H20O11/c22-7-14-17(26)18(27)19(28)21(32-14)30-9-2-4-10(12(24)6-9)15-16(25)11-3-1-8(23)5-13(11)31-20(15)29/h1-6,14,17-19,21-28H,7H2/t14-,17-,18+,19-,21-/m1/s1. The Hall–Kier alpha value is -3.35. The average molecular weight is 448 g/mol. The summed E-state index contributed by atoms with van der Waals surface area (Å²) in [6, 6.07) is 7.45. The van der Waals surface area contributed by atoms with E-state index in [0.29, 0.717) is 0 Å². The Kier molecular flexibility index (Phi) is 5.67. The quantitative estimate of drug-likeness (QED) is 0.261. The molecule has 4 rings (SSSR count). The lowest BCUT2D eigenvalue weighted by molar-refractivity contribution is -0.277. The molecule has 0 aliphatic carbocycles. The summed E-state index contributed by atoms with van der Waals surface area (Å²) < 4.78 is 15.8. The number of aromatic hydroxyl groups is 3. The zero-order valence-electron chi connectivity index (χ0n) is 16.3. The third-order valence-corrected chi connectivity index (χ3v) is 5.20. The molecular formula is C21H20O11. The zero-order valence-corrected chi connectivity index (χ0v) is 16.3. The van der Waals surface area contributed by atoms with E-state index in [0.717, 1.165) is 12.1 Å². The molecule has 0 bridgehead atoms. The number of fused-ring (bicyclic) bond motifs is 1. The summed E-state index contributed by atoms with van der Waals surface area (Å²) in [5.74, 6) is -1.14. The maximum absolute atomic E-state index is 12.4. The fourth-order valence-corrected chi connectivity index (χ4v) is 3.51. The summed E-state index contributed by atoms with van der Waals surface area (Å²) in [5, 5.41) is 69.7. The fourth-order valence-electron chi connectivity index (χ4n) is 3.51. The summed E-state index contributed by atoms with van der Waals surface area (Å²) in [5.41, 5.74) is -1.40. The van der Waals surface area contributed by atoms with Gasteiger partial charge in [-0.2, -0.15) is 0 Å². The van der Waals surface area contributed by atoms with E-state index >= 15 is 0 Å². The Morgan fingerprint density at radius 2 is 1.69 bits per heavy atom. The van der Waals surface area contributed by atoms with Gasteiger partial charge < -0.3 is 49.6 Å². The first kappa shape index (κ1) is 21.9. The molecule has 2 aromatic carbocycles. The maximum Gasteiger partial charge on any atom is 0.348 e. The first-order valence-electron chi connectivity index (χ1n) is 9.50. The molecule has 0 radical (unpaired) electrons. The van der Waals surface area contributed by atoms with Gasteiger partial charge in [0.2, 0.25) is 6.29 Å². The number of ether oxygens (including phenoxy) is 2. The number of phenolic OH excluding ortho intramolecular Hbond substituents is 2. The molecule has 1 saturated heterocycles. The third kappa shape index (κ3) is 3.72. The van der Waals surface area contributed by atoms with Crippen molar-refractivity contribution in [3.63, 3.8) is 0 Å². The molecule has 0 amide bonds. The van der Waals surface area contributed by atoms with Gasteiger partial charge in [-0.3, -0.25) is 0 Å². The summed E-state index contributed by atoms with van der Waals surface area (Å²) in [6.07, 6.45) is -7.49. The molecule has 1 aromatic heterocycles. The van der Waals surface area contributed by atoms with Crippen LogP contribution < -0.4 is 10.4 Å². The van der Waals surface area contributed by atoms with Gasteiger partial charge in [-0.1, -0.05) is 0 Å². The van der Waals surface area contributed by atoms with Gasteiger partial charge >= 0.3 is 5.63 Å². The second-order valence-corrected chi connectivity index (χ2v) is 7.29. The van der Waals surface area contributed by atoms with Gasteiger partial charge in [0, 0.05) is 17.7 Å². The van der Waals surface area contributed by atoms with Crippen LogP contribution in [0.2, 0.25) is 0 Å². The SMILES string of the molecule is O=c1oc2cc(O)ccc2c(O)c1-c1ccc(O[C@@H]2O[C@H](CO)[C@@H](O)[C@H](O)[C@H]2O)cc1O. The second-order valence-electron chi connectivity index (χ2n) is 7.29. The molecule has 0 spiro atoms. The molecule has 1 aliphatic heterocycles. The van der Waals surface area contributed by atoms with Gasteiger partial charge in [0.15, 0.2) is 0 Å². The van der Waals surface area contributed by atoms with Crippen molar-refractivity contribution in [1.82, 2.24) is 0 Å². The van der Waals surface area contributed by atoms with Crippen molar-refractivity contribution < 1.29 is 49.6 Å². The fraction of sp³-hybridized carbons (Fsp3) is 0.286. The van der Waals surface area contributed by atoms with E-state index < -0.39 is 54.4 Å². The highest BCUT2D eigenvalue weighted by molar-refractivity contribution is 5.92. The number of hydrogen-bond donors (Lipinski definition) is 7. The van der Waals surface area contributed by atoms with E-state index in [-0.39, 0.29) is 33.6 Å². The molecular weight excluding hydrogens is 428 g/mol. The lowest BCUT2D eigenvalue weighted by Gasteiger charge is -2.39. The first-order valence-corrected chi connectivity index (χ1v) is 9.50. The van der Waals surface area contributed by atoms with Crippen LogP contribution in [0.25, 0.3) is 22.1 Å². The minimum atomic E-state index is -1.65. The molecule has 1 aliphatic rings. The van der Waals surface area contributed by atoms with E-state index in [1.165, 1.54) is 24.3 Å². The zero-order chi connectivity index (χ0) is 23.2. The molecule has 5 atom stereocenters. The lowest BCUT2D eigenvalue weighted by Crippen LogP contribution is -2.60. The Morgan fingerprint density at radius 3 is 2.38 bits per heavy atom. The van der Waals surface area contributed by atoms with Crippen molar-refractivity contribution in [1.29, 1.82) is 0 Å². The summed E-state index contributed by atoms with van der Waals surface area (Å²) in [6.45, 7) is -0.635. The molecule has 0 unspecified atom stereocenters. The Balaban J connectivity index is 1.66. The molecule has 7 N–H and O–H groups in total. The van der Waals surface area contributed by atoms with E-state index in [1.54, 1.807) is 0 Å². The summed E-state index contributed by atoms with van der Waals surface area (Å²) in [7, 11) is 0. The van der Waals surface area contributed by atoms with Crippen LogP contribution in [-0.2, 0) is 4.74 Å². The van der Waals surface area contributed by atoms with Gasteiger partial charge in [-0.25, -0.2) is 4.79 Å². The molecule has 2 heterocycles. The van der Waals surface area contributed by atoms with E-state index in [1.807, 2.05) is 0 Å². The number of aliphatic hydroxyl groups is 4. The number of rotatable bonds is 4. The van der Waals surface area contributed by atoms with Crippen LogP contribution >= 0.6 is 0 Å². The highest BCUT2D eigenvalue weighted by atomic mass is 16.7. The molecule has 1 fully saturated rings. The summed E-state index contributed by atoms with van der Waals surface area (Å²) >= 11 is 0. The van der Waals surface area contributed by atoms with Crippen LogP contribution in [0.4, 0.5) is 0 Å². The number of benzene rings is 2. The van der Waals surface area contributed by atoms with Gasteiger partial charge in [0.25, 0.3) is 0 Å². The molecule has 3 aromatic rings. The molecule has 32 heavy (non-hydrogen) atoms. The summed E-state index contributed by atoms with van der Waals surface area (Å²) in [4.78, 5) is 12.4. The predicted octanol–water partition coefficient (Wildman–Crippen LogP) is -0.245. The monoisotopic (exact) mass is 448 g/mol. The van der Waals surface area contributed by atoms with Gasteiger partial charge in [-0.15, -0.1) is 0 Å². The largest absolute Gasteiger partial charge is 0.508 e. The van der Waals surface area contributed by atoms with Gasteiger partial charge in [0.1, 0.15) is 58.6 Å². The minimum absolute atomic E-state index is 0.0369. The van der Waals surface area contributed by atoms with Crippen LogP contribution in [0.3, 0.4) is 0 Å². The predicted molar refractivity (Wildman–Crippen MR) is 107 cm³/mol. The van der Waals surface area contributed by atoms with Crippen LogP contribution in [0.5, 0.6) is 23.0 Å². The van der Waals surface area contributed by atoms with Gasteiger partial charge in [-0.05, 0) is 24.3 Å². The number of aliphatic hydroxyl groups excluding tert-OH is 4. The average Bonchev–Trinajstić information content (AvgIpc) is 2.75. The van der Waals surface area contributed by atoms with Crippen molar-refractivity contribution >= 4 is 11.0 Å². The van der Waals surface area contributed by atoms with Gasteiger partial charge in [0.05, 0.1) is 12.0 Å². The van der Waals surface area contributed by atoms with Crippen molar-refractivity contribution in [2.45, 2.75) is 30.7 Å². The van der Waals surface area contributed by atoms with Crippen molar-refractivity contribution in [3.8, 4) is 34.1 Å². The number of phenols is 2. The third-order valence-electron chi connectivity index (χ3n) is 5.20. The molecule has 170 valence electrons. The van der Waals surface area contributed by atoms with Crippen LogP contribution in [0.1, 0.15) is 0 Å². The second kappa shape index (κ2) is 8.30. The van der Waals surface area contributed by atoms with Crippen molar-refractivity contribution in [3.05, 3.63) is 46.8 Å². The normalized spacial score (nSPS) is 25.7. The van der Waals surface area contributed by atoms with Crippen LogP contribution in [-0.4, -0.2) is 73.1 Å². The van der Waals surface area contributed by atoms with E-state index in [9.17, 15) is 40.5 Å². The minimum Gasteiger partial charge on any atom is -0.508 e. The highest BCUT2D eigenvalue weighted by Gasteiger charge is 2.44. The maximum atomic E-state index is 12.4. The Morgan fingerprint density at radius 1 is 0.938 bits per heavy atom. The van der Waals surface area contributed by atoms with Crippen LogP contribution in [0, 0.1) is 0 Å². The van der Waals surface area contributed by atoms with Crippen molar-refractivity contribution in [2.24, 2.45) is 0 Å². The molecule has 11 heteroatoms.